The van der Waals surface area contributed by atoms with Crippen molar-refractivity contribution in [2.45, 2.75) is 43.5 Å². The summed E-state index contributed by atoms with van der Waals surface area (Å²) in [4.78, 5) is 11.3. The molecule has 1 spiro atoms. The normalized spacial score (nSPS) is 38.7. The first-order chi connectivity index (χ1) is 6.97. The minimum Gasteiger partial charge on any atom is -0.458 e. The highest BCUT2D eigenvalue weighted by Gasteiger charge is 2.53. The molecular formula is C11H15NO2S. The summed E-state index contributed by atoms with van der Waals surface area (Å²) in [5.41, 5.74) is -0.486. The lowest BCUT2D eigenvalue weighted by Gasteiger charge is -2.42. The molecule has 82 valence electrons. The number of rotatable bonds is 0. The Morgan fingerprint density at radius 2 is 2.33 bits per heavy atom. The van der Waals surface area contributed by atoms with Gasteiger partial charge in [-0.05, 0) is 12.2 Å². The van der Waals surface area contributed by atoms with E-state index in [0.29, 0.717) is 0 Å². The molecule has 2 aliphatic rings. The van der Waals surface area contributed by atoms with E-state index in [9.17, 15) is 4.79 Å². The van der Waals surface area contributed by atoms with Gasteiger partial charge in [0.05, 0.1) is 18.4 Å². The van der Waals surface area contributed by atoms with Crippen LogP contribution in [0.15, 0.2) is 0 Å². The fraction of sp³-hybridized carbons (Fsp3) is 0.818. The number of carbonyl (C=O) groups is 1. The van der Waals surface area contributed by atoms with Gasteiger partial charge in [0, 0.05) is 11.2 Å². The maximum absolute atomic E-state index is 11.3. The van der Waals surface area contributed by atoms with E-state index in [1.165, 1.54) is 0 Å². The number of hydrogen-bond acceptors (Lipinski definition) is 4. The molecule has 0 aromatic rings. The highest BCUT2D eigenvalue weighted by molar-refractivity contribution is 8.00. The third kappa shape index (κ3) is 1.85. The Labute approximate surface area is 94.2 Å². The van der Waals surface area contributed by atoms with Crippen LogP contribution in [0.25, 0.3) is 0 Å². The van der Waals surface area contributed by atoms with Crippen molar-refractivity contribution in [3.8, 4) is 6.07 Å². The second-order valence-electron chi connectivity index (χ2n) is 4.96. The van der Waals surface area contributed by atoms with Gasteiger partial charge in [-0.1, -0.05) is 13.8 Å². The van der Waals surface area contributed by atoms with Crippen LogP contribution < -0.4 is 0 Å². The molecule has 2 aliphatic heterocycles. The molecule has 0 aliphatic carbocycles. The SMILES string of the molecule is CC1(C)CC2(CCS1)OC(=O)CC2C#N. The number of hydrogen-bond donors (Lipinski definition) is 0. The van der Waals surface area contributed by atoms with Gasteiger partial charge in [-0.15, -0.1) is 0 Å². The van der Waals surface area contributed by atoms with Gasteiger partial charge < -0.3 is 4.74 Å². The number of carbonyl (C=O) groups excluding carboxylic acids is 1. The average Bonchev–Trinajstić information content (AvgIpc) is 2.39. The molecule has 2 unspecified atom stereocenters. The summed E-state index contributed by atoms with van der Waals surface area (Å²) < 4.78 is 5.56. The van der Waals surface area contributed by atoms with Gasteiger partial charge in [0.15, 0.2) is 0 Å². The number of ether oxygens (including phenoxy) is 1. The highest BCUT2D eigenvalue weighted by Crippen LogP contribution is 2.49. The van der Waals surface area contributed by atoms with Crippen LogP contribution in [-0.2, 0) is 9.53 Å². The second-order valence-corrected chi connectivity index (χ2v) is 6.76. The van der Waals surface area contributed by atoms with Crippen molar-refractivity contribution in [1.82, 2.24) is 0 Å². The quantitative estimate of drug-likeness (QED) is 0.592. The lowest BCUT2D eigenvalue weighted by Crippen LogP contribution is -2.45. The molecule has 2 fully saturated rings. The summed E-state index contributed by atoms with van der Waals surface area (Å²) in [5.74, 6) is 0.521. The molecule has 0 aromatic heterocycles. The predicted octanol–water partition coefficient (Wildman–Crippen LogP) is 2.12. The van der Waals surface area contributed by atoms with E-state index in [2.05, 4.69) is 19.9 Å². The maximum atomic E-state index is 11.3. The van der Waals surface area contributed by atoms with E-state index < -0.39 is 5.60 Å². The van der Waals surface area contributed by atoms with Crippen LogP contribution >= 0.6 is 11.8 Å². The van der Waals surface area contributed by atoms with E-state index in [1.54, 1.807) is 0 Å². The Morgan fingerprint density at radius 3 is 2.93 bits per heavy atom. The fourth-order valence-electron chi connectivity index (χ4n) is 2.60. The largest absolute Gasteiger partial charge is 0.458 e. The van der Waals surface area contributed by atoms with Gasteiger partial charge in [0.1, 0.15) is 5.60 Å². The number of nitrogens with zero attached hydrogens (tertiary/aromatic N) is 1. The molecule has 2 saturated heterocycles. The highest BCUT2D eigenvalue weighted by atomic mass is 32.2. The minimum atomic E-state index is -0.486. The summed E-state index contributed by atoms with van der Waals surface area (Å²) >= 11 is 1.89. The Bertz CT molecular complexity index is 334. The molecule has 0 saturated carbocycles. The second kappa shape index (κ2) is 3.41. The molecule has 0 amide bonds. The minimum absolute atomic E-state index is 0.109. The first-order valence-electron chi connectivity index (χ1n) is 5.23. The Hall–Kier alpha value is -0.690. The topological polar surface area (TPSA) is 50.1 Å². The third-order valence-electron chi connectivity index (χ3n) is 3.22. The first-order valence-corrected chi connectivity index (χ1v) is 6.21. The number of esters is 1. The molecule has 3 nitrogen and oxygen atoms in total. The first kappa shape index (κ1) is 10.8. The van der Waals surface area contributed by atoms with Crippen LogP contribution in [0.1, 0.15) is 33.1 Å². The number of thioether (sulfide) groups is 1. The van der Waals surface area contributed by atoms with Crippen LogP contribution in [0.2, 0.25) is 0 Å². The van der Waals surface area contributed by atoms with E-state index in [-0.39, 0.29) is 23.1 Å². The molecule has 2 rings (SSSR count). The van der Waals surface area contributed by atoms with Crippen LogP contribution in [0.4, 0.5) is 0 Å². The third-order valence-corrected chi connectivity index (χ3v) is 4.56. The zero-order valence-corrected chi connectivity index (χ0v) is 9.89. The van der Waals surface area contributed by atoms with Crippen molar-refractivity contribution in [2.24, 2.45) is 5.92 Å². The van der Waals surface area contributed by atoms with Crippen molar-refractivity contribution in [2.75, 3.05) is 5.75 Å². The number of nitriles is 1. The van der Waals surface area contributed by atoms with Gasteiger partial charge >= 0.3 is 5.97 Å². The van der Waals surface area contributed by atoms with Gasteiger partial charge in [-0.2, -0.15) is 17.0 Å². The zero-order chi connectivity index (χ0) is 11.1. The van der Waals surface area contributed by atoms with E-state index >= 15 is 0 Å². The van der Waals surface area contributed by atoms with Crippen molar-refractivity contribution >= 4 is 17.7 Å². The molecule has 0 N–H and O–H groups in total. The van der Waals surface area contributed by atoms with E-state index in [4.69, 9.17) is 10.00 Å². The predicted molar refractivity (Wildman–Crippen MR) is 58.3 cm³/mol. The Morgan fingerprint density at radius 1 is 1.60 bits per heavy atom. The van der Waals surface area contributed by atoms with Crippen molar-refractivity contribution in [3.63, 3.8) is 0 Å². The Kier molecular flexibility index (Phi) is 2.46. The summed E-state index contributed by atoms with van der Waals surface area (Å²) in [7, 11) is 0. The lowest BCUT2D eigenvalue weighted by molar-refractivity contribution is -0.150. The van der Waals surface area contributed by atoms with Gasteiger partial charge in [-0.3, -0.25) is 4.79 Å². The monoisotopic (exact) mass is 225 g/mol. The van der Waals surface area contributed by atoms with Crippen LogP contribution in [0.3, 0.4) is 0 Å². The molecule has 0 bridgehead atoms. The van der Waals surface area contributed by atoms with E-state index in [0.717, 1.165) is 18.6 Å². The standard InChI is InChI=1S/C11H15NO2S/c1-10(2)7-11(3-4-15-10)8(6-12)5-9(13)14-11/h8H,3-5,7H2,1-2H3. The lowest BCUT2D eigenvalue weighted by atomic mass is 9.79. The Balaban J connectivity index is 2.25. The molecule has 15 heavy (non-hydrogen) atoms. The molecule has 0 aromatic carbocycles. The summed E-state index contributed by atoms with van der Waals surface area (Å²) in [6.07, 6.45) is 1.90. The fourth-order valence-corrected chi connectivity index (χ4v) is 3.95. The van der Waals surface area contributed by atoms with Gasteiger partial charge in [0.2, 0.25) is 0 Å². The summed E-state index contributed by atoms with van der Waals surface area (Å²) in [6, 6.07) is 2.24. The summed E-state index contributed by atoms with van der Waals surface area (Å²) in [5, 5.41) is 9.08. The molecule has 4 heteroatoms. The van der Waals surface area contributed by atoms with Gasteiger partial charge in [0.25, 0.3) is 0 Å². The van der Waals surface area contributed by atoms with Crippen LogP contribution in [-0.4, -0.2) is 22.1 Å². The zero-order valence-electron chi connectivity index (χ0n) is 9.08. The van der Waals surface area contributed by atoms with Crippen molar-refractivity contribution < 1.29 is 9.53 Å². The van der Waals surface area contributed by atoms with Crippen molar-refractivity contribution in [3.05, 3.63) is 0 Å². The van der Waals surface area contributed by atoms with E-state index in [1.807, 2.05) is 11.8 Å². The van der Waals surface area contributed by atoms with Crippen molar-refractivity contribution in [1.29, 1.82) is 5.26 Å². The molecular weight excluding hydrogens is 210 g/mol. The summed E-state index contributed by atoms with van der Waals surface area (Å²) in [6.45, 7) is 4.30. The smallest absolute Gasteiger partial charge is 0.307 e. The van der Waals surface area contributed by atoms with Gasteiger partial charge in [-0.25, -0.2) is 0 Å². The average molecular weight is 225 g/mol. The molecule has 2 atom stereocenters. The molecule has 0 radical (unpaired) electrons. The van der Waals surface area contributed by atoms with Crippen LogP contribution in [0, 0.1) is 17.2 Å². The maximum Gasteiger partial charge on any atom is 0.307 e. The molecule has 2 heterocycles. The van der Waals surface area contributed by atoms with Crippen LogP contribution in [0.5, 0.6) is 0 Å².